The average molecular weight is 198 g/mol. The molecule has 1 aliphatic rings. The third-order valence-electron chi connectivity index (χ3n) is 2.13. The van der Waals surface area contributed by atoms with Gasteiger partial charge in [-0.1, -0.05) is 23.7 Å². The fraction of sp³-hybridized carbons (Fsp3) is 0.400. The van der Waals surface area contributed by atoms with Gasteiger partial charge in [0, 0.05) is 13.1 Å². The van der Waals surface area contributed by atoms with Crippen molar-refractivity contribution in [2.75, 3.05) is 13.1 Å². The highest BCUT2D eigenvalue weighted by atomic mass is 35.5. The first-order valence-electron chi connectivity index (χ1n) is 4.54. The van der Waals surface area contributed by atoms with E-state index in [2.05, 4.69) is 0 Å². The van der Waals surface area contributed by atoms with E-state index in [0.29, 0.717) is 5.02 Å². The molecule has 1 heterocycles. The second-order valence-electron chi connectivity index (χ2n) is 3.16. The van der Waals surface area contributed by atoms with Gasteiger partial charge in [0.1, 0.15) is 0 Å². The third-order valence-corrected chi connectivity index (χ3v) is 2.44. The highest BCUT2D eigenvalue weighted by Gasteiger charge is 2.13. The molecule has 1 saturated heterocycles. The Bertz CT molecular complexity index is 284. The SMILES string of the molecule is Clc1ccccc1ON1CCCC1. The molecule has 3 heteroatoms. The molecule has 0 radical (unpaired) electrons. The van der Waals surface area contributed by atoms with E-state index in [1.54, 1.807) is 0 Å². The molecule has 0 bridgehead atoms. The summed E-state index contributed by atoms with van der Waals surface area (Å²) >= 11 is 5.95. The van der Waals surface area contributed by atoms with E-state index in [1.807, 2.05) is 29.3 Å². The Morgan fingerprint density at radius 3 is 2.54 bits per heavy atom. The highest BCUT2D eigenvalue weighted by Crippen LogP contribution is 2.25. The Hall–Kier alpha value is -0.730. The maximum absolute atomic E-state index is 5.95. The number of hydrogen-bond donors (Lipinski definition) is 0. The lowest BCUT2D eigenvalue weighted by Gasteiger charge is -2.16. The molecule has 1 aromatic rings. The summed E-state index contributed by atoms with van der Waals surface area (Å²) in [6.07, 6.45) is 2.43. The van der Waals surface area contributed by atoms with Crippen molar-refractivity contribution < 1.29 is 4.84 Å². The topological polar surface area (TPSA) is 12.5 Å². The van der Waals surface area contributed by atoms with E-state index in [1.165, 1.54) is 12.8 Å². The van der Waals surface area contributed by atoms with Crippen molar-refractivity contribution in [3.8, 4) is 5.75 Å². The summed E-state index contributed by atoms with van der Waals surface area (Å²) in [7, 11) is 0. The molecule has 0 atom stereocenters. The number of nitrogens with zero attached hydrogens (tertiary/aromatic N) is 1. The molecule has 2 rings (SSSR count). The monoisotopic (exact) mass is 197 g/mol. The van der Waals surface area contributed by atoms with Crippen LogP contribution in [0.2, 0.25) is 5.02 Å². The maximum atomic E-state index is 5.95. The number of hydroxylamine groups is 2. The fourth-order valence-corrected chi connectivity index (χ4v) is 1.61. The van der Waals surface area contributed by atoms with Crippen molar-refractivity contribution in [1.82, 2.24) is 5.06 Å². The second kappa shape index (κ2) is 3.99. The van der Waals surface area contributed by atoms with Crippen molar-refractivity contribution in [2.45, 2.75) is 12.8 Å². The predicted octanol–water partition coefficient (Wildman–Crippen LogP) is 2.73. The number of hydrogen-bond acceptors (Lipinski definition) is 2. The van der Waals surface area contributed by atoms with Gasteiger partial charge in [-0.2, -0.15) is 0 Å². The normalized spacial score (nSPS) is 17.6. The first-order valence-corrected chi connectivity index (χ1v) is 4.91. The van der Waals surface area contributed by atoms with Crippen LogP contribution in [0.4, 0.5) is 0 Å². The number of halogens is 1. The summed E-state index contributed by atoms with van der Waals surface area (Å²) in [4.78, 5) is 5.61. The third kappa shape index (κ3) is 2.14. The van der Waals surface area contributed by atoms with Crippen LogP contribution >= 0.6 is 11.6 Å². The molecule has 2 nitrogen and oxygen atoms in total. The van der Waals surface area contributed by atoms with Gasteiger partial charge in [-0.15, -0.1) is 5.06 Å². The van der Waals surface area contributed by atoms with Gasteiger partial charge in [-0.3, -0.25) is 0 Å². The Kier molecular flexibility index (Phi) is 2.71. The van der Waals surface area contributed by atoms with Crippen LogP contribution in [0.3, 0.4) is 0 Å². The van der Waals surface area contributed by atoms with Crippen molar-refractivity contribution in [1.29, 1.82) is 0 Å². The first-order chi connectivity index (χ1) is 6.36. The Morgan fingerprint density at radius 2 is 1.85 bits per heavy atom. The summed E-state index contributed by atoms with van der Waals surface area (Å²) in [6.45, 7) is 2.01. The van der Waals surface area contributed by atoms with Gasteiger partial charge >= 0.3 is 0 Å². The summed E-state index contributed by atoms with van der Waals surface area (Å²) in [5, 5.41) is 2.63. The van der Waals surface area contributed by atoms with Crippen molar-refractivity contribution in [3.05, 3.63) is 29.3 Å². The Morgan fingerprint density at radius 1 is 1.15 bits per heavy atom. The van der Waals surface area contributed by atoms with Gasteiger partial charge in [-0.05, 0) is 25.0 Å². The van der Waals surface area contributed by atoms with E-state index in [9.17, 15) is 0 Å². The standard InChI is InChI=1S/C10H12ClNO/c11-9-5-1-2-6-10(9)13-12-7-3-4-8-12/h1-2,5-6H,3-4,7-8H2. The molecule has 0 spiro atoms. The fourth-order valence-electron chi connectivity index (χ4n) is 1.44. The molecule has 0 aromatic heterocycles. The van der Waals surface area contributed by atoms with Crippen LogP contribution in [0.5, 0.6) is 5.75 Å². The quantitative estimate of drug-likeness (QED) is 0.723. The number of benzene rings is 1. The summed E-state index contributed by atoms with van der Waals surface area (Å²) in [5.74, 6) is 0.756. The van der Waals surface area contributed by atoms with Gasteiger partial charge in [0.05, 0.1) is 5.02 Å². The van der Waals surface area contributed by atoms with Crippen LogP contribution in [0.1, 0.15) is 12.8 Å². The van der Waals surface area contributed by atoms with Gasteiger partial charge in [0.2, 0.25) is 0 Å². The van der Waals surface area contributed by atoms with E-state index < -0.39 is 0 Å². The molecule has 13 heavy (non-hydrogen) atoms. The first kappa shape index (κ1) is 8.85. The predicted molar refractivity (Wildman–Crippen MR) is 52.9 cm³/mol. The Labute approximate surface area is 83.0 Å². The van der Waals surface area contributed by atoms with E-state index >= 15 is 0 Å². The van der Waals surface area contributed by atoms with E-state index in [0.717, 1.165) is 18.8 Å². The van der Waals surface area contributed by atoms with Gasteiger partial charge < -0.3 is 4.84 Å². The summed E-state index contributed by atoms with van der Waals surface area (Å²) < 4.78 is 0. The summed E-state index contributed by atoms with van der Waals surface area (Å²) in [5.41, 5.74) is 0. The zero-order valence-electron chi connectivity index (χ0n) is 7.37. The van der Waals surface area contributed by atoms with Gasteiger partial charge in [-0.25, -0.2) is 0 Å². The second-order valence-corrected chi connectivity index (χ2v) is 3.57. The van der Waals surface area contributed by atoms with Gasteiger partial charge in [0.15, 0.2) is 5.75 Å². The van der Waals surface area contributed by atoms with E-state index in [-0.39, 0.29) is 0 Å². The highest BCUT2D eigenvalue weighted by molar-refractivity contribution is 6.32. The average Bonchev–Trinajstić information content (AvgIpc) is 2.61. The van der Waals surface area contributed by atoms with Crippen molar-refractivity contribution >= 4 is 11.6 Å². The van der Waals surface area contributed by atoms with Crippen LogP contribution in [0, 0.1) is 0 Å². The molecule has 70 valence electrons. The van der Waals surface area contributed by atoms with Crippen molar-refractivity contribution in [2.24, 2.45) is 0 Å². The summed E-state index contributed by atoms with van der Waals surface area (Å²) in [6, 6.07) is 7.56. The molecular weight excluding hydrogens is 186 g/mol. The Balaban J connectivity index is 2.04. The minimum atomic E-state index is 0.675. The smallest absolute Gasteiger partial charge is 0.166 e. The number of rotatable bonds is 2. The zero-order valence-corrected chi connectivity index (χ0v) is 8.13. The lowest BCUT2D eigenvalue weighted by atomic mass is 10.3. The van der Waals surface area contributed by atoms with Crippen molar-refractivity contribution in [3.63, 3.8) is 0 Å². The molecule has 0 amide bonds. The minimum absolute atomic E-state index is 0.675. The zero-order chi connectivity index (χ0) is 9.10. The molecule has 0 N–H and O–H groups in total. The van der Waals surface area contributed by atoms with Gasteiger partial charge in [0.25, 0.3) is 0 Å². The van der Waals surface area contributed by atoms with Crippen LogP contribution in [0.25, 0.3) is 0 Å². The molecule has 1 aromatic carbocycles. The minimum Gasteiger partial charge on any atom is -0.404 e. The lowest BCUT2D eigenvalue weighted by molar-refractivity contribution is -0.0345. The van der Waals surface area contributed by atoms with Crippen LogP contribution in [0.15, 0.2) is 24.3 Å². The molecule has 1 fully saturated rings. The molecule has 0 unspecified atom stereocenters. The molecule has 0 aliphatic carbocycles. The van der Waals surface area contributed by atoms with Crippen LogP contribution < -0.4 is 4.84 Å². The maximum Gasteiger partial charge on any atom is 0.166 e. The van der Waals surface area contributed by atoms with E-state index in [4.69, 9.17) is 16.4 Å². The molecule has 1 aliphatic heterocycles. The largest absolute Gasteiger partial charge is 0.404 e. The number of para-hydroxylation sites is 1. The molecule has 0 saturated carbocycles. The van der Waals surface area contributed by atoms with Crippen LogP contribution in [-0.4, -0.2) is 18.2 Å². The molecular formula is C10H12ClNO. The lowest BCUT2D eigenvalue weighted by Crippen LogP contribution is -2.23. The van der Waals surface area contributed by atoms with Crippen LogP contribution in [-0.2, 0) is 0 Å².